The highest BCUT2D eigenvalue weighted by Crippen LogP contribution is 2.24. The first kappa shape index (κ1) is 20.3. The van der Waals surface area contributed by atoms with Crippen LogP contribution in [0, 0.1) is 0 Å². The van der Waals surface area contributed by atoms with Gasteiger partial charge in [0.2, 0.25) is 0 Å². The Morgan fingerprint density at radius 2 is 1.65 bits per heavy atom. The van der Waals surface area contributed by atoms with Gasteiger partial charge in [-0.15, -0.1) is 0 Å². The van der Waals surface area contributed by atoms with Gasteiger partial charge in [-0.3, -0.25) is 20.1 Å². The summed E-state index contributed by atoms with van der Waals surface area (Å²) in [6.07, 6.45) is 0. The van der Waals surface area contributed by atoms with Crippen molar-refractivity contribution in [3.8, 4) is 0 Å². The number of nitrogens with one attached hydrogen (secondary N) is 3. The molecule has 0 atom stereocenters. The minimum absolute atomic E-state index is 0.202. The zero-order valence-electron chi connectivity index (χ0n) is 17.4. The first-order valence-electron chi connectivity index (χ1n) is 9.74. The minimum Gasteiger partial charge on any atom is -0.359 e. The lowest BCUT2D eigenvalue weighted by Gasteiger charge is -2.12. The number of para-hydroxylation sites is 1. The van der Waals surface area contributed by atoms with Crippen LogP contribution in [0.1, 0.15) is 36.9 Å². The predicted octanol–water partition coefficient (Wildman–Crippen LogP) is 3.08. The lowest BCUT2D eigenvalue weighted by molar-refractivity contribution is 0.102. The van der Waals surface area contributed by atoms with Crippen LogP contribution in [0.25, 0.3) is 0 Å². The first-order valence-corrected chi connectivity index (χ1v) is 9.74. The molecule has 3 N–H and O–H groups in total. The van der Waals surface area contributed by atoms with Crippen LogP contribution in [0.4, 0.5) is 22.0 Å². The number of anilines is 3. The molecule has 0 saturated carbocycles. The normalized spacial score (nSPS) is 12.4. The second kappa shape index (κ2) is 8.02. The molecular formula is C22H22N6O3. The fourth-order valence-electron chi connectivity index (χ4n) is 2.99. The molecule has 2 aromatic carbocycles. The van der Waals surface area contributed by atoms with Crippen LogP contribution in [-0.4, -0.2) is 23.8 Å². The molecule has 158 valence electrons. The Morgan fingerprint density at radius 1 is 0.935 bits per heavy atom. The molecular weight excluding hydrogens is 396 g/mol. The van der Waals surface area contributed by atoms with E-state index < -0.39 is 6.03 Å². The summed E-state index contributed by atoms with van der Waals surface area (Å²) in [5, 5.41) is 13.4. The van der Waals surface area contributed by atoms with Crippen LogP contribution in [0.3, 0.4) is 0 Å². The second-order valence-corrected chi connectivity index (χ2v) is 8.07. The van der Waals surface area contributed by atoms with Crippen LogP contribution < -0.4 is 26.7 Å². The fraction of sp³-hybridized carbons (Fsp3) is 0.227. The number of urea groups is 1. The smallest absolute Gasteiger partial charge is 0.324 e. The third-order valence-corrected chi connectivity index (χ3v) is 4.62. The number of hydrogen-bond donors (Lipinski definition) is 3. The summed E-state index contributed by atoms with van der Waals surface area (Å²) >= 11 is 0. The number of aromatic nitrogens is 1. The highest BCUT2D eigenvalue weighted by molar-refractivity contribution is 6.04. The molecule has 1 aromatic heterocycles. The van der Waals surface area contributed by atoms with Crippen molar-refractivity contribution in [3.05, 3.63) is 70.6 Å². The molecule has 0 aliphatic carbocycles. The molecule has 0 bridgehead atoms. The number of hydrogen-bond acceptors (Lipinski definition) is 6. The summed E-state index contributed by atoms with van der Waals surface area (Å²) < 4.78 is 5.25. The largest absolute Gasteiger partial charge is 0.359 e. The Morgan fingerprint density at radius 3 is 2.32 bits per heavy atom. The lowest BCUT2D eigenvalue weighted by Crippen LogP contribution is -2.31. The molecule has 2 heterocycles. The summed E-state index contributed by atoms with van der Waals surface area (Å²) in [5.74, 6) is 0.740. The van der Waals surface area contributed by atoms with Crippen molar-refractivity contribution >= 4 is 29.1 Å². The quantitative estimate of drug-likeness (QED) is 0.603. The fourth-order valence-corrected chi connectivity index (χ4v) is 2.99. The Hall–Kier alpha value is -4.01. The molecule has 3 amide bonds. The van der Waals surface area contributed by atoms with E-state index in [4.69, 9.17) is 4.52 Å². The van der Waals surface area contributed by atoms with E-state index in [1.807, 2.05) is 26.8 Å². The molecule has 31 heavy (non-hydrogen) atoms. The van der Waals surface area contributed by atoms with Crippen molar-refractivity contribution in [2.45, 2.75) is 26.2 Å². The number of amides is 3. The molecule has 1 aliphatic rings. The molecule has 0 spiro atoms. The highest BCUT2D eigenvalue weighted by atomic mass is 16.5. The van der Waals surface area contributed by atoms with Gasteiger partial charge in [0.1, 0.15) is 12.4 Å². The zero-order valence-corrected chi connectivity index (χ0v) is 17.4. The van der Waals surface area contributed by atoms with Gasteiger partial charge in [-0.2, -0.15) is 0 Å². The van der Waals surface area contributed by atoms with Crippen LogP contribution in [0.15, 0.2) is 63.0 Å². The average molecular weight is 418 g/mol. The van der Waals surface area contributed by atoms with E-state index in [0.29, 0.717) is 40.5 Å². The van der Waals surface area contributed by atoms with E-state index in [-0.39, 0.29) is 11.3 Å². The summed E-state index contributed by atoms with van der Waals surface area (Å²) in [6, 6.07) is 13.3. The van der Waals surface area contributed by atoms with E-state index in [1.165, 1.54) is 0 Å². The van der Waals surface area contributed by atoms with Gasteiger partial charge < -0.3 is 15.2 Å². The van der Waals surface area contributed by atoms with Crippen molar-refractivity contribution in [3.63, 3.8) is 0 Å². The molecule has 0 radical (unpaired) electrons. The number of benzene rings is 2. The molecule has 0 saturated heterocycles. The van der Waals surface area contributed by atoms with Crippen molar-refractivity contribution in [1.29, 1.82) is 0 Å². The van der Waals surface area contributed by atoms with E-state index in [9.17, 15) is 9.59 Å². The number of fused-ring (bicyclic) bond motifs is 1. The SMILES string of the molecule is CC(C)(C)c1cc(NC(=O)Nc2ccc(NC(=O)c3cccc4c3=NCN=4)cc2)no1. The molecule has 0 fully saturated rings. The number of nitrogens with zero attached hydrogens (tertiary/aromatic N) is 3. The van der Waals surface area contributed by atoms with Gasteiger partial charge in [-0.25, -0.2) is 4.79 Å². The van der Waals surface area contributed by atoms with E-state index >= 15 is 0 Å². The van der Waals surface area contributed by atoms with Gasteiger partial charge in [-0.1, -0.05) is 32.0 Å². The van der Waals surface area contributed by atoms with Crippen molar-refractivity contribution < 1.29 is 14.1 Å². The van der Waals surface area contributed by atoms with Gasteiger partial charge in [0.25, 0.3) is 5.91 Å². The summed E-state index contributed by atoms with van der Waals surface area (Å²) in [6.45, 7) is 6.32. The minimum atomic E-state index is -0.448. The standard InChI is InChI=1S/C22H22N6O3/c1-22(2,3)17-11-18(28-31-17)27-21(30)26-14-9-7-13(8-10-14)25-20(29)15-5-4-6-16-19(15)24-12-23-16/h4-11H,12H2,1-3H3,(H,25,29)(H2,26,27,28,30). The summed E-state index contributed by atoms with van der Waals surface area (Å²) in [7, 11) is 0. The monoisotopic (exact) mass is 418 g/mol. The van der Waals surface area contributed by atoms with Crippen LogP contribution in [0.5, 0.6) is 0 Å². The Kier molecular flexibility index (Phi) is 5.24. The van der Waals surface area contributed by atoms with Gasteiger partial charge >= 0.3 is 6.03 Å². The molecule has 3 aromatic rings. The van der Waals surface area contributed by atoms with Crippen molar-refractivity contribution in [1.82, 2.24) is 5.16 Å². The zero-order chi connectivity index (χ0) is 22.0. The molecule has 9 nitrogen and oxygen atoms in total. The van der Waals surface area contributed by atoms with Crippen molar-refractivity contribution in [2.75, 3.05) is 22.6 Å². The van der Waals surface area contributed by atoms with Crippen LogP contribution >= 0.6 is 0 Å². The first-order chi connectivity index (χ1) is 14.8. The van der Waals surface area contributed by atoms with Gasteiger partial charge in [-0.05, 0) is 36.4 Å². The summed E-state index contributed by atoms with van der Waals surface area (Å²) in [5.41, 5.74) is 1.42. The Labute approximate surface area is 178 Å². The maximum Gasteiger partial charge on any atom is 0.324 e. The maximum atomic E-state index is 12.6. The third-order valence-electron chi connectivity index (χ3n) is 4.62. The van der Waals surface area contributed by atoms with Crippen LogP contribution in [-0.2, 0) is 5.41 Å². The van der Waals surface area contributed by atoms with Crippen LogP contribution in [0.2, 0.25) is 0 Å². The Balaban J connectivity index is 1.37. The maximum absolute atomic E-state index is 12.6. The molecule has 0 unspecified atom stereocenters. The number of carbonyl (C=O) groups is 2. The number of rotatable bonds is 4. The van der Waals surface area contributed by atoms with E-state index in [0.717, 1.165) is 5.36 Å². The third kappa shape index (κ3) is 4.61. The second-order valence-electron chi connectivity index (χ2n) is 8.07. The Bertz CT molecular complexity index is 1260. The summed E-state index contributed by atoms with van der Waals surface area (Å²) in [4.78, 5) is 33.3. The van der Waals surface area contributed by atoms with Gasteiger partial charge in [0, 0.05) is 22.9 Å². The number of carbonyl (C=O) groups excluding carboxylic acids is 2. The highest BCUT2D eigenvalue weighted by Gasteiger charge is 2.20. The predicted molar refractivity (Wildman–Crippen MR) is 116 cm³/mol. The average Bonchev–Trinajstić information content (AvgIpc) is 3.38. The van der Waals surface area contributed by atoms with Gasteiger partial charge in [0.15, 0.2) is 5.82 Å². The van der Waals surface area contributed by atoms with Gasteiger partial charge in [0.05, 0.1) is 16.3 Å². The molecule has 9 heteroatoms. The lowest BCUT2D eigenvalue weighted by atomic mass is 9.93. The van der Waals surface area contributed by atoms with E-state index in [2.05, 4.69) is 31.1 Å². The topological polar surface area (TPSA) is 121 Å². The van der Waals surface area contributed by atoms with E-state index in [1.54, 1.807) is 42.5 Å². The molecule has 1 aliphatic heterocycles. The van der Waals surface area contributed by atoms with Crippen molar-refractivity contribution in [2.24, 2.45) is 9.98 Å². The molecule has 4 rings (SSSR count).